The number of hydrogen-bond donors (Lipinski definition) is 2. The molecule has 0 spiro atoms. The fourth-order valence-electron chi connectivity index (χ4n) is 1.87. The predicted molar refractivity (Wildman–Crippen MR) is 69.4 cm³/mol. The first-order chi connectivity index (χ1) is 8.15. The van der Waals surface area contributed by atoms with Gasteiger partial charge in [0.15, 0.2) is 5.11 Å². The Morgan fingerprint density at radius 3 is 2.76 bits per heavy atom. The summed E-state index contributed by atoms with van der Waals surface area (Å²) in [4.78, 5) is 1.94. The van der Waals surface area contributed by atoms with E-state index in [1.165, 1.54) is 12.1 Å². The molecule has 0 unspecified atom stereocenters. The van der Waals surface area contributed by atoms with E-state index in [0.29, 0.717) is 11.7 Å². The van der Waals surface area contributed by atoms with Crippen LogP contribution in [0, 0.1) is 5.82 Å². The Hall–Kier alpha value is -1.20. The number of aliphatic hydroxyl groups is 1. The van der Waals surface area contributed by atoms with E-state index < -0.39 is 0 Å². The fourth-order valence-corrected chi connectivity index (χ4v) is 2.16. The summed E-state index contributed by atoms with van der Waals surface area (Å²) in [5.41, 5.74) is 0.761. The van der Waals surface area contributed by atoms with Crippen LogP contribution in [0.5, 0.6) is 0 Å². The maximum Gasteiger partial charge on any atom is 0.173 e. The third-order valence-electron chi connectivity index (χ3n) is 2.78. The van der Waals surface area contributed by atoms with Crippen molar-refractivity contribution in [2.24, 2.45) is 0 Å². The Bertz CT molecular complexity index is 396. The molecule has 1 aromatic rings. The predicted octanol–water partition coefficient (Wildman–Crippen LogP) is 1.98. The third-order valence-corrected chi connectivity index (χ3v) is 3.14. The zero-order valence-corrected chi connectivity index (χ0v) is 10.2. The summed E-state index contributed by atoms with van der Waals surface area (Å²) >= 11 is 5.25. The molecule has 0 saturated carbocycles. The quantitative estimate of drug-likeness (QED) is 0.751. The van der Waals surface area contributed by atoms with Gasteiger partial charge in [-0.2, -0.15) is 0 Å². The van der Waals surface area contributed by atoms with Crippen molar-refractivity contribution in [2.75, 3.05) is 18.4 Å². The normalized spacial score (nSPS) is 20.1. The first-order valence-electron chi connectivity index (χ1n) is 5.65. The van der Waals surface area contributed by atoms with Crippen molar-refractivity contribution < 1.29 is 9.50 Å². The van der Waals surface area contributed by atoms with Crippen LogP contribution in [0.3, 0.4) is 0 Å². The van der Waals surface area contributed by atoms with Gasteiger partial charge in [-0.05, 0) is 49.3 Å². The number of β-amino-alcohol motifs (C(OH)–C–C–N with tert-alkyl or cyclic N) is 1. The number of nitrogens with one attached hydrogen (secondary N) is 1. The molecule has 2 N–H and O–H groups in total. The molecule has 0 radical (unpaired) electrons. The number of anilines is 1. The maximum absolute atomic E-state index is 12.7. The van der Waals surface area contributed by atoms with Gasteiger partial charge in [-0.1, -0.05) is 0 Å². The van der Waals surface area contributed by atoms with Crippen molar-refractivity contribution in [1.29, 1.82) is 0 Å². The molecule has 1 heterocycles. The van der Waals surface area contributed by atoms with E-state index in [0.717, 1.165) is 25.1 Å². The molecule has 0 aliphatic carbocycles. The standard InChI is InChI=1S/C12H15FN2OS/c13-9-3-5-10(6-4-9)14-12(17)15-7-1-2-11(16)8-15/h3-6,11,16H,1-2,7-8H2,(H,14,17)/t11-/m1/s1. The van der Waals surface area contributed by atoms with Crippen molar-refractivity contribution in [3.05, 3.63) is 30.1 Å². The van der Waals surface area contributed by atoms with E-state index in [1.807, 2.05) is 4.90 Å². The minimum Gasteiger partial charge on any atom is -0.391 e. The number of piperidine rings is 1. The molecular formula is C12H15FN2OS. The molecule has 1 saturated heterocycles. The molecular weight excluding hydrogens is 239 g/mol. The minimum atomic E-state index is -0.309. The lowest BCUT2D eigenvalue weighted by molar-refractivity contribution is 0.104. The van der Waals surface area contributed by atoms with E-state index in [1.54, 1.807) is 12.1 Å². The fraction of sp³-hybridized carbons (Fsp3) is 0.417. The van der Waals surface area contributed by atoms with Crippen LogP contribution in [-0.2, 0) is 0 Å². The summed E-state index contributed by atoms with van der Waals surface area (Å²) in [5, 5.41) is 13.2. The number of likely N-dealkylation sites (tertiary alicyclic amines) is 1. The van der Waals surface area contributed by atoms with Crippen molar-refractivity contribution in [3.63, 3.8) is 0 Å². The van der Waals surface area contributed by atoms with Crippen molar-refractivity contribution in [3.8, 4) is 0 Å². The van der Waals surface area contributed by atoms with Gasteiger partial charge in [0.1, 0.15) is 5.82 Å². The van der Waals surface area contributed by atoms with Crippen LogP contribution in [0.1, 0.15) is 12.8 Å². The molecule has 1 aliphatic heterocycles. The van der Waals surface area contributed by atoms with Gasteiger partial charge >= 0.3 is 0 Å². The number of aliphatic hydroxyl groups excluding tert-OH is 1. The average Bonchev–Trinajstić information content (AvgIpc) is 2.32. The third kappa shape index (κ3) is 3.38. The van der Waals surface area contributed by atoms with Crippen LogP contribution in [-0.4, -0.2) is 34.3 Å². The average molecular weight is 254 g/mol. The van der Waals surface area contributed by atoms with Gasteiger partial charge in [0.2, 0.25) is 0 Å². The number of nitrogens with zero attached hydrogens (tertiary/aromatic N) is 1. The Balaban J connectivity index is 1.94. The van der Waals surface area contributed by atoms with Gasteiger partial charge in [0.05, 0.1) is 6.10 Å². The number of rotatable bonds is 1. The summed E-state index contributed by atoms with van der Waals surface area (Å²) in [7, 11) is 0. The molecule has 1 aromatic carbocycles. The Kier molecular flexibility index (Phi) is 3.91. The highest BCUT2D eigenvalue weighted by atomic mass is 32.1. The molecule has 0 aromatic heterocycles. The topological polar surface area (TPSA) is 35.5 Å². The number of hydrogen-bond acceptors (Lipinski definition) is 2. The van der Waals surface area contributed by atoms with E-state index in [-0.39, 0.29) is 11.9 Å². The largest absolute Gasteiger partial charge is 0.391 e. The van der Waals surface area contributed by atoms with Crippen LogP contribution in [0.2, 0.25) is 0 Å². The highest BCUT2D eigenvalue weighted by Gasteiger charge is 2.19. The van der Waals surface area contributed by atoms with Crippen LogP contribution in [0.15, 0.2) is 24.3 Å². The lowest BCUT2D eigenvalue weighted by atomic mass is 10.1. The first kappa shape index (κ1) is 12.3. The minimum absolute atomic E-state index is 0.269. The second kappa shape index (κ2) is 5.42. The number of thiocarbonyl (C=S) groups is 1. The molecule has 2 rings (SSSR count). The Morgan fingerprint density at radius 2 is 2.12 bits per heavy atom. The monoisotopic (exact) mass is 254 g/mol. The maximum atomic E-state index is 12.7. The van der Waals surface area contributed by atoms with Crippen LogP contribution < -0.4 is 5.32 Å². The van der Waals surface area contributed by atoms with Crippen molar-refractivity contribution in [2.45, 2.75) is 18.9 Å². The van der Waals surface area contributed by atoms with Crippen molar-refractivity contribution in [1.82, 2.24) is 4.90 Å². The summed E-state index contributed by atoms with van der Waals surface area (Å²) in [6.07, 6.45) is 1.46. The van der Waals surface area contributed by atoms with Gasteiger partial charge in [-0.15, -0.1) is 0 Å². The molecule has 5 heteroatoms. The van der Waals surface area contributed by atoms with Gasteiger partial charge in [0, 0.05) is 18.8 Å². The smallest absolute Gasteiger partial charge is 0.173 e. The number of benzene rings is 1. The molecule has 3 nitrogen and oxygen atoms in total. The lowest BCUT2D eigenvalue weighted by Crippen LogP contribution is -2.44. The molecule has 1 atom stereocenters. The highest BCUT2D eigenvalue weighted by molar-refractivity contribution is 7.80. The molecule has 1 fully saturated rings. The van der Waals surface area contributed by atoms with Crippen LogP contribution >= 0.6 is 12.2 Å². The zero-order valence-electron chi connectivity index (χ0n) is 9.40. The second-order valence-electron chi connectivity index (χ2n) is 4.18. The summed E-state index contributed by atoms with van der Waals surface area (Å²) in [6.45, 7) is 1.41. The van der Waals surface area contributed by atoms with Crippen LogP contribution in [0.4, 0.5) is 10.1 Å². The van der Waals surface area contributed by atoms with Crippen molar-refractivity contribution >= 4 is 23.0 Å². The molecule has 92 valence electrons. The molecule has 0 amide bonds. The van der Waals surface area contributed by atoms with Gasteiger partial charge < -0.3 is 15.3 Å². The van der Waals surface area contributed by atoms with Gasteiger partial charge in [-0.25, -0.2) is 4.39 Å². The first-order valence-corrected chi connectivity index (χ1v) is 6.05. The van der Waals surface area contributed by atoms with E-state index in [2.05, 4.69) is 5.32 Å². The zero-order chi connectivity index (χ0) is 12.3. The van der Waals surface area contributed by atoms with E-state index in [4.69, 9.17) is 12.2 Å². The summed E-state index contributed by atoms with van der Waals surface area (Å²) in [5.74, 6) is -0.269. The molecule has 0 bridgehead atoms. The molecule has 1 aliphatic rings. The van der Waals surface area contributed by atoms with E-state index >= 15 is 0 Å². The highest BCUT2D eigenvalue weighted by Crippen LogP contribution is 2.13. The van der Waals surface area contributed by atoms with Gasteiger partial charge in [-0.3, -0.25) is 0 Å². The van der Waals surface area contributed by atoms with Crippen LogP contribution in [0.25, 0.3) is 0 Å². The summed E-state index contributed by atoms with van der Waals surface area (Å²) < 4.78 is 12.7. The SMILES string of the molecule is O[C@@H]1CCCN(C(=S)Nc2ccc(F)cc2)C1. The van der Waals surface area contributed by atoms with Gasteiger partial charge in [0.25, 0.3) is 0 Å². The Labute approximate surface area is 105 Å². The molecule has 17 heavy (non-hydrogen) atoms. The Morgan fingerprint density at radius 1 is 1.41 bits per heavy atom. The lowest BCUT2D eigenvalue weighted by Gasteiger charge is -2.32. The second-order valence-corrected chi connectivity index (χ2v) is 4.57. The van der Waals surface area contributed by atoms with E-state index in [9.17, 15) is 9.50 Å². The summed E-state index contributed by atoms with van der Waals surface area (Å²) in [6, 6.07) is 6.05. The number of halogens is 1.